The molecule has 0 bridgehead atoms. The zero-order valence-corrected chi connectivity index (χ0v) is 16.8. The van der Waals surface area contributed by atoms with Crippen LogP contribution < -0.4 is 5.56 Å². The Hall–Kier alpha value is -2.63. The third kappa shape index (κ3) is 5.00. The Morgan fingerprint density at radius 2 is 1.96 bits per heavy atom. The number of benzene rings is 2. The molecule has 3 aromatic rings. The van der Waals surface area contributed by atoms with Crippen molar-refractivity contribution >= 4 is 46.1 Å². The van der Waals surface area contributed by atoms with E-state index in [9.17, 15) is 9.59 Å². The average molecular weight is 416 g/mol. The van der Waals surface area contributed by atoms with Gasteiger partial charge < -0.3 is 9.88 Å². The molecular formula is C21H19Cl2N3O2. The Morgan fingerprint density at radius 3 is 2.71 bits per heavy atom. The number of nitrogens with zero attached hydrogens (tertiary/aromatic N) is 2. The SMILES string of the molecule is CCCN(Cc1nc2cc(Cl)ccc2c(=O)[nH]1)C(=O)/C=C/c1cccc(Cl)c1. The second-order valence-corrected chi connectivity index (χ2v) is 7.20. The molecule has 0 aliphatic carbocycles. The van der Waals surface area contributed by atoms with Gasteiger partial charge in [-0.05, 0) is 48.4 Å². The summed E-state index contributed by atoms with van der Waals surface area (Å²) in [5.74, 6) is 0.244. The molecule has 1 aromatic heterocycles. The Labute approximate surface area is 172 Å². The smallest absolute Gasteiger partial charge is 0.258 e. The molecule has 0 aliphatic rings. The lowest BCUT2D eigenvalue weighted by molar-refractivity contribution is -0.126. The summed E-state index contributed by atoms with van der Waals surface area (Å²) in [5, 5.41) is 1.57. The number of fused-ring (bicyclic) bond motifs is 1. The third-order valence-corrected chi connectivity index (χ3v) is 4.60. The number of amides is 1. The zero-order chi connectivity index (χ0) is 20.1. The van der Waals surface area contributed by atoms with Gasteiger partial charge in [-0.25, -0.2) is 4.98 Å². The first-order valence-corrected chi connectivity index (χ1v) is 9.63. The van der Waals surface area contributed by atoms with Crippen molar-refractivity contribution in [3.05, 3.63) is 80.3 Å². The summed E-state index contributed by atoms with van der Waals surface area (Å²) < 4.78 is 0. The van der Waals surface area contributed by atoms with Crippen LogP contribution in [0.15, 0.2) is 53.3 Å². The van der Waals surface area contributed by atoms with Crippen molar-refractivity contribution in [1.82, 2.24) is 14.9 Å². The van der Waals surface area contributed by atoms with Gasteiger partial charge >= 0.3 is 0 Å². The molecule has 1 heterocycles. The zero-order valence-electron chi connectivity index (χ0n) is 15.3. The van der Waals surface area contributed by atoms with Crippen LogP contribution in [0.2, 0.25) is 10.0 Å². The first-order chi connectivity index (χ1) is 13.5. The Bertz CT molecular complexity index is 1090. The lowest BCUT2D eigenvalue weighted by Gasteiger charge is -2.20. The van der Waals surface area contributed by atoms with Crippen LogP contribution in [-0.2, 0) is 11.3 Å². The van der Waals surface area contributed by atoms with Gasteiger partial charge in [-0.2, -0.15) is 0 Å². The van der Waals surface area contributed by atoms with Crippen molar-refractivity contribution in [2.24, 2.45) is 0 Å². The Kier molecular flexibility index (Phi) is 6.49. The number of aromatic nitrogens is 2. The van der Waals surface area contributed by atoms with Crippen LogP contribution in [0.4, 0.5) is 0 Å². The molecule has 0 radical (unpaired) electrons. The van der Waals surface area contributed by atoms with E-state index in [0.29, 0.717) is 33.3 Å². The van der Waals surface area contributed by atoms with Crippen molar-refractivity contribution in [2.75, 3.05) is 6.54 Å². The first-order valence-electron chi connectivity index (χ1n) is 8.87. The summed E-state index contributed by atoms with van der Waals surface area (Å²) >= 11 is 12.0. The van der Waals surface area contributed by atoms with Crippen LogP contribution in [0, 0.1) is 0 Å². The van der Waals surface area contributed by atoms with Crippen LogP contribution in [0.3, 0.4) is 0 Å². The third-order valence-electron chi connectivity index (χ3n) is 4.13. The van der Waals surface area contributed by atoms with Crippen molar-refractivity contribution in [3.8, 4) is 0 Å². The molecule has 0 spiro atoms. The van der Waals surface area contributed by atoms with Crippen molar-refractivity contribution in [2.45, 2.75) is 19.9 Å². The molecule has 144 valence electrons. The minimum atomic E-state index is -0.255. The van der Waals surface area contributed by atoms with Crippen LogP contribution in [-0.4, -0.2) is 27.3 Å². The molecule has 0 aliphatic heterocycles. The predicted octanol–water partition coefficient (Wildman–Crippen LogP) is 4.68. The fourth-order valence-electron chi connectivity index (χ4n) is 2.84. The van der Waals surface area contributed by atoms with E-state index >= 15 is 0 Å². The molecule has 1 amide bonds. The topological polar surface area (TPSA) is 66.1 Å². The maximum atomic E-state index is 12.7. The van der Waals surface area contributed by atoms with Crippen LogP contribution in [0.25, 0.3) is 17.0 Å². The second kappa shape index (κ2) is 9.04. The van der Waals surface area contributed by atoms with E-state index in [0.717, 1.165) is 12.0 Å². The number of aromatic amines is 1. The Morgan fingerprint density at radius 1 is 1.18 bits per heavy atom. The van der Waals surface area contributed by atoms with Gasteiger partial charge in [0.05, 0.1) is 17.4 Å². The van der Waals surface area contributed by atoms with E-state index in [4.69, 9.17) is 23.2 Å². The summed E-state index contributed by atoms with van der Waals surface area (Å²) in [6.45, 7) is 2.72. The lowest BCUT2D eigenvalue weighted by atomic mass is 10.2. The van der Waals surface area contributed by atoms with Gasteiger partial charge in [0.1, 0.15) is 5.82 Å². The molecule has 7 heteroatoms. The maximum Gasteiger partial charge on any atom is 0.258 e. The molecule has 0 saturated heterocycles. The maximum absolute atomic E-state index is 12.7. The lowest BCUT2D eigenvalue weighted by Crippen LogP contribution is -2.31. The molecule has 2 aromatic carbocycles. The normalized spacial score (nSPS) is 11.2. The molecule has 28 heavy (non-hydrogen) atoms. The summed E-state index contributed by atoms with van der Waals surface area (Å²) in [4.78, 5) is 33.8. The monoisotopic (exact) mass is 415 g/mol. The Balaban J connectivity index is 1.83. The molecule has 5 nitrogen and oxygen atoms in total. The molecule has 0 atom stereocenters. The number of hydrogen-bond acceptors (Lipinski definition) is 3. The minimum Gasteiger partial charge on any atom is -0.332 e. The summed E-state index contributed by atoms with van der Waals surface area (Å²) in [7, 11) is 0. The summed E-state index contributed by atoms with van der Waals surface area (Å²) in [6.07, 6.45) is 3.99. The van der Waals surface area contributed by atoms with E-state index in [1.165, 1.54) is 6.08 Å². The van der Waals surface area contributed by atoms with E-state index in [1.807, 2.05) is 19.1 Å². The number of carbonyl (C=O) groups excluding carboxylic acids is 1. The highest BCUT2D eigenvalue weighted by atomic mass is 35.5. The van der Waals surface area contributed by atoms with Gasteiger partial charge in [-0.3, -0.25) is 9.59 Å². The van der Waals surface area contributed by atoms with Gasteiger partial charge in [-0.15, -0.1) is 0 Å². The first kappa shape index (κ1) is 20.1. The largest absolute Gasteiger partial charge is 0.332 e. The van der Waals surface area contributed by atoms with Crippen LogP contribution in [0.5, 0.6) is 0 Å². The van der Waals surface area contributed by atoms with E-state index in [1.54, 1.807) is 41.3 Å². The molecule has 0 unspecified atom stereocenters. The quantitative estimate of drug-likeness (QED) is 0.594. The van der Waals surface area contributed by atoms with E-state index in [2.05, 4.69) is 9.97 Å². The highest BCUT2D eigenvalue weighted by molar-refractivity contribution is 6.31. The molecule has 1 N–H and O–H groups in total. The van der Waals surface area contributed by atoms with Gasteiger partial charge in [0.15, 0.2) is 0 Å². The predicted molar refractivity (Wildman–Crippen MR) is 114 cm³/mol. The fraction of sp³-hybridized carbons (Fsp3) is 0.190. The number of H-pyrrole nitrogens is 1. The number of nitrogens with one attached hydrogen (secondary N) is 1. The van der Waals surface area contributed by atoms with E-state index < -0.39 is 0 Å². The van der Waals surface area contributed by atoms with E-state index in [-0.39, 0.29) is 18.0 Å². The van der Waals surface area contributed by atoms with Gasteiger partial charge in [0.2, 0.25) is 5.91 Å². The van der Waals surface area contributed by atoms with Crippen molar-refractivity contribution < 1.29 is 4.79 Å². The summed E-state index contributed by atoms with van der Waals surface area (Å²) in [6, 6.07) is 12.2. The molecule has 3 rings (SSSR count). The number of carbonyl (C=O) groups is 1. The van der Waals surface area contributed by atoms with Crippen molar-refractivity contribution in [3.63, 3.8) is 0 Å². The van der Waals surface area contributed by atoms with Crippen LogP contribution in [0.1, 0.15) is 24.7 Å². The highest BCUT2D eigenvalue weighted by Crippen LogP contribution is 2.15. The van der Waals surface area contributed by atoms with Crippen LogP contribution >= 0.6 is 23.2 Å². The van der Waals surface area contributed by atoms with Gasteiger partial charge in [0.25, 0.3) is 5.56 Å². The summed E-state index contributed by atoms with van der Waals surface area (Å²) in [5.41, 5.74) is 1.09. The average Bonchev–Trinajstić information content (AvgIpc) is 2.65. The standard InChI is InChI=1S/C21H19Cl2N3O2/c1-2-10-26(20(27)9-6-14-4-3-5-15(22)11-14)13-19-24-18-12-16(23)7-8-17(18)21(28)25-19/h3-9,11-12H,2,10,13H2,1H3,(H,24,25,28)/b9-6+. The van der Waals surface area contributed by atoms with Crippen molar-refractivity contribution in [1.29, 1.82) is 0 Å². The number of rotatable bonds is 6. The second-order valence-electron chi connectivity index (χ2n) is 6.32. The molecule has 0 saturated carbocycles. The molecule has 0 fully saturated rings. The minimum absolute atomic E-state index is 0.171. The van der Waals surface area contributed by atoms with Gasteiger partial charge in [0, 0.05) is 22.7 Å². The highest BCUT2D eigenvalue weighted by Gasteiger charge is 2.13. The number of halogens is 2. The fourth-order valence-corrected chi connectivity index (χ4v) is 3.20. The number of hydrogen-bond donors (Lipinski definition) is 1. The molecular weight excluding hydrogens is 397 g/mol. The van der Waals surface area contributed by atoms with Gasteiger partial charge in [-0.1, -0.05) is 42.3 Å².